The summed E-state index contributed by atoms with van der Waals surface area (Å²) >= 11 is 0. The zero-order chi connectivity index (χ0) is 20.9. The molecule has 10 heteroatoms. The summed E-state index contributed by atoms with van der Waals surface area (Å²) in [6, 6.07) is 5.39. The molecule has 3 nitrogen and oxygen atoms in total. The van der Waals surface area contributed by atoms with Crippen molar-refractivity contribution >= 4 is 0 Å². The number of benzene rings is 2. The van der Waals surface area contributed by atoms with Gasteiger partial charge in [-0.05, 0) is 29.8 Å². The summed E-state index contributed by atoms with van der Waals surface area (Å²) in [5.41, 5.74) is -3.63. The molecule has 148 valence electrons. The van der Waals surface area contributed by atoms with E-state index in [-0.39, 0.29) is 11.3 Å². The van der Waals surface area contributed by atoms with Gasteiger partial charge in [-0.1, -0.05) is 0 Å². The molecule has 2 bridgehead atoms. The maximum absolute atomic E-state index is 14.5. The zero-order valence-electron chi connectivity index (χ0n) is 13.7. The highest BCUT2D eigenvalue weighted by Crippen LogP contribution is 2.56. The standard InChI is InChI=1S/C18H10F7NO2/c19-9-3-8(6-26)4-10(5-9)28-13-2-1-12-11(7-27)14(13)15(20)16(21)18(24,25)17(12,22)23/h1-5,15-16,27H,7H2/t15-,16+/m1/s1. The number of ether oxygens (including phenoxy) is 1. The summed E-state index contributed by atoms with van der Waals surface area (Å²) in [6.07, 6.45) is -7.19. The molecule has 0 unspecified atom stereocenters. The summed E-state index contributed by atoms with van der Waals surface area (Å²) in [6.45, 7) is -1.30. The van der Waals surface area contributed by atoms with Gasteiger partial charge in [-0.3, -0.25) is 0 Å². The van der Waals surface area contributed by atoms with E-state index in [4.69, 9.17) is 10.00 Å². The highest BCUT2D eigenvalue weighted by molar-refractivity contribution is 5.52. The van der Waals surface area contributed by atoms with E-state index in [0.29, 0.717) is 12.1 Å². The normalized spacial score (nSPS) is 22.2. The molecule has 0 saturated heterocycles. The fourth-order valence-electron chi connectivity index (χ4n) is 3.00. The smallest absolute Gasteiger partial charge is 0.348 e. The third kappa shape index (κ3) is 2.86. The van der Waals surface area contributed by atoms with Crippen LogP contribution in [0.3, 0.4) is 0 Å². The molecule has 1 aliphatic carbocycles. The first-order valence-corrected chi connectivity index (χ1v) is 7.74. The van der Waals surface area contributed by atoms with Gasteiger partial charge in [0.2, 0.25) is 6.17 Å². The molecule has 0 aliphatic heterocycles. The number of fused-ring (bicyclic) bond motifs is 2. The second-order valence-corrected chi connectivity index (χ2v) is 6.05. The van der Waals surface area contributed by atoms with E-state index in [1.54, 1.807) is 6.07 Å². The van der Waals surface area contributed by atoms with E-state index in [1.807, 2.05) is 0 Å². The molecule has 0 spiro atoms. The number of nitriles is 1. The first-order valence-electron chi connectivity index (χ1n) is 7.74. The van der Waals surface area contributed by atoms with Crippen LogP contribution in [0.15, 0.2) is 30.3 Å². The highest BCUT2D eigenvalue weighted by Gasteiger charge is 2.67. The van der Waals surface area contributed by atoms with Crippen LogP contribution < -0.4 is 4.74 Å². The van der Waals surface area contributed by atoms with E-state index in [0.717, 1.165) is 18.2 Å². The van der Waals surface area contributed by atoms with Crippen molar-refractivity contribution in [2.75, 3.05) is 0 Å². The number of rotatable bonds is 3. The molecule has 0 amide bonds. The topological polar surface area (TPSA) is 53.2 Å². The molecular formula is C18H10F7NO2. The lowest BCUT2D eigenvalue weighted by Crippen LogP contribution is -2.46. The van der Waals surface area contributed by atoms with Gasteiger partial charge in [-0.2, -0.15) is 22.8 Å². The average molecular weight is 405 g/mol. The number of hydrogen-bond acceptors (Lipinski definition) is 3. The average Bonchev–Trinajstić information content (AvgIpc) is 2.67. The van der Waals surface area contributed by atoms with Crippen molar-refractivity contribution in [2.45, 2.75) is 30.8 Å². The molecule has 3 rings (SSSR count). The number of alkyl halides is 6. The molecular weight excluding hydrogens is 395 g/mol. The van der Waals surface area contributed by atoms with Crippen molar-refractivity contribution in [2.24, 2.45) is 0 Å². The molecule has 2 aromatic rings. The van der Waals surface area contributed by atoms with Gasteiger partial charge in [0.15, 0.2) is 6.17 Å². The Hall–Kier alpha value is -2.80. The molecule has 0 saturated carbocycles. The predicted octanol–water partition coefficient (Wildman–Crippen LogP) is 5.07. The van der Waals surface area contributed by atoms with E-state index in [2.05, 4.69) is 0 Å². The predicted molar refractivity (Wildman–Crippen MR) is 81.1 cm³/mol. The van der Waals surface area contributed by atoms with Crippen molar-refractivity contribution in [3.05, 3.63) is 58.4 Å². The van der Waals surface area contributed by atoms with Crippen LogP contribution in [0.1, 0.15) is 28.4 Å². The lowest BCUT2D eigenvalue weighted by atomic mass is 9.96. The number of nitrogens with zero attached hydrogens (tertiary/aromatic N) is 1. The first kappa shape index (κ1) is 19.9. The minimum Gasteiger partial charge on any atom is -0.457 e. The Kier molecular flexibility index (Phi) is 4.75. The first-order chi connectivity index (χ1) is 13.0. The van der Waals surface area contributed by atoms with Gasteiger partial charge in [-0.15, -0.1) is 0 Å². The van der Waals surface area contributed by atoms with Gasteiger partial charge in [0.25, 0.3) is 0 Å². The Bertz CT molecular complexity index is 971. The summed E-state index contributed by atoms with van der Waals surface area (Å²) in [4.78, 5) is 0. The van der Waals surface area contributed by atoms with Gasteiger partial charge in [-0.25, -0.2) is 13.2 Å². The zero-order valence-corrected chi connectivity index (χ0v) is 13.7. The van der Waals surface area contributed by atoms with Crippen LogP contribution in [0.5, 0.6) is 11.5 Å². The lowest BCUT2D eigenvalue weighted by molar-refractivity contribution is -0.253. The molecule has 0 aromatic heterocycles. The van der Waals surface area contributed by atoms with Crippen LogP contribution in [-0.2, 0) is 12.5 Å². The Morgan fingerprint density at radius 1 is 1.11 bits per heavy atom. The molecule has 0 fully saturated rings. The third-order valence-electron chi connectivity index (χ3n) is 4.34. The molecule has 28 heavy (non-hydrogen) atoms. The van der Waals surface area contributed by atoms with Crippen LogP contribution >= 0.6 is 0 Å². The monoisotopic (exact) mass is 405 g/mol. The van der Waals surface area contributed by atoms with Gasteiger partial charge in [0, 0.05) is 17.2 Å². The number of aliphatic hydroxyl groups excluding tert-OH is 1. The van der Waals surface area contributed by atoms with Crippen molar-refractivity contribution in [3.63, 3.8) is 0 Å². The molecule has 2 atom stereocenters. The summed E-state index contributed by atoms with van der Waals surface area (Å²) in [5.74, 6) is -12.5. The van der Waals surface area contributed by atoms with E-state index in [1.165, 1.54) is 0 Å². The molecule has 1 N–H and O–H groups in total. The summed E-state index contributed by atoms with van der Waals surface area (Å²) < 4.78 is 103. The largest absolute Gasteiger partial charge is 0.457 e. The van der Waals surface area contributed by atoms with Gasteiger partial charge >= 0.3 is 11.8 Å². The third-order valence-corrected chi connectivity index (χ3v) is 4.34. The summed E-state index contributed by atoms with van der Waals surface area (Å²) in [7, 11) is 0. The fourth-order valence-corrected chi connectivity index (χ4v) is 3.00. The van der Waals surface area contributed by atoms with Crippen LogP contribution in [0.2, 0.25) is 0 Å². The number of aliphatic hydroxyl groups is 1. The quantitative estimate of drug-likeness (QED) is 0.726. The van der Waals surface area contributed by atoms with E-state index < -0.39 is 59.1 Å². The maximum atomic E-state index is 14.5. The minimum absolute atomic E-state index is 0.196. The van der Waals surface area contributed by atoms with E-state index >= 15 is 0 Å². The Labute approximate surface area is 153 Å². The Balaban J connectivity index is 2.20. The molecule has 0 radical (unpaired) electrons. The van der Waals surface area contributed by atoms with Gasteiger partial charge in [0.05, 0.1) is 18.2 Å². The molecule has 2 aromatic carbocycles. The van der Waals surface area contributed by atoms with Gasteiger partial charge < -0.3 is 9.84 Å². The highest BCUT2D eigenvalue weighted by atomic mass is 19.3. The molecule has 0 heterocycles. The van der Waals surface area contributed by atoms with Crippen LogP contribution in [-0.4, -0.2) is 17.2 Å². The van der Waals surface area contributed by atoms with Crippen LogP contribution in [0, 0.1) is 17.1 Å². The van der Waals surface area contributed by atoms with Crippen molar-refractivity contribution in [1.82, 2.24) is 0 Å². The Morgan fingerprint density at radius 2 is 1.79 bits per heavy atom. The van der Waals surface area contributed by atoms with E-state index in [9.17, 15) is 35.8 Å². The fraction of sp³-hybridized carbons (Fsp3) is 0.278. The van der Waals surface area contributed by atoms with Crippen molar-refractivity contribution < 1.29 is 40.6 Å². The second-order valence-electron chi connectivity index (χ2n) is 6.05. The maximum Gasteiger partial charge on any atom is 0.348 e. The van der Waals surface area contributed by atoms with Crippen LogP contribution in [0.4, 0.5) is 30.7 Å². The minimum atomic E-state index is -5.39. The number of hydrogen-bond donors (Lipinski definition) is 1. The number of halogens is 7. The Morgan fingerprint density at radius 3 is 2.39 bits per heavy atom. The second kappa shape index (κ2) is 6.67. The lowest BCUT2D eigenvalue weighted by Gasteiger charge is -2.28. The SMILES string of the molecule is N#Cc1cc(F)cc(Oc2ccc3c(CO)c2[C@@H](F)[C@H](F)C(F)(F)C3(F)F)c1. The van der Waals surface area contributed by atoms with Gasteiger partial charge in [0.1, 0.15) is 17.3 Å². The van der Waals surface area contributed by atoms with Crippen molar-refractivity contribution in [3.8, 4) is 17.6 Å². The van der Waals surface area contributed by atoms with Crippen LogP contribution in [0.25, 0.3) is 0 Å². The summed E-state index contributed by atoms with van der Waals surface area (Å²) in [5, 5.41) is 18.2. The van der Waals surface area contributed by atoms with Crippen molar-refractivity contribution in [1.29, 1.82) is 5.26 Å². The molecule has 1 aliphatic rings.